The van der Waals surface area contributed by atoms with E-state index in [1.165, 1.54) is 20.0 Å². The summed E-state index contributed by atoms with van der Waals surface area (Å²) in [7, 11) is 0. The molecular formula is C37H51F6N3O10. The van der Waals surface area contributed by atoms with Gasteiger partial charge in [-0.3, -0.25) is 0 Å². The van der Waals surface area contributed by atoms with E-state index in [0.29, 0.717) is 51.4 Å². The second-order valence-corrected chi connectivity index (χ2v) is 18.0. The van der Waals surface area contributed by atoms with Crippen molar-refractivity contribution in [2.45, 2.75) is 165 Å². The van der Waals surface area contributed by atoms with E-state index in [9.17, 15) is 0 Å². The zero-order chi connectivity index (χ0) is 39.9. The van der Waals surface area contributed by atoms with E-state index in [-0.39, 0.29) is 35.9 Å². The summed E-state index contributed by atoms with van der Waals surface area (Å²) in [5, 5.41) is 7.81. The molecule has 8 aliphatic heterocycles. The monoisotopic (exact) mass is 811 g/mol. The summed E-state index contributed by atoms with van der Waals surface area (Å²) in [6, 6.07) is 0. The van der Waals surface area contributed by atoms with E-state index in [4.69, 9.17) is 48.0 Å². The van der Waals surface area contributed by atoms with Crippen LogP contribution < -0.4 is 0 Å². The topological polar surface area (TPSA) is 123 Å². The first kappa shape index (κ1) is 39.8. The molecule has 0 aromatic carbocycles. The van der Waals surface area contributed by atoms with Crippen LogP contribution in [0.3, 0.4) is 0 Å². The average molecular weight is 812 g/mol. The Bertz CT molecular complexity index is 1670. The molecule has 316 valence electrons. The Morgan fingerprint density at radius 1 is 0.661 bits per heavy atom. The molecule has 56 heavy (non-hydrogen) atoms. The highest BCUT2D eigenvalue weighted by molar-refractivity contribution is 5.14. The maximum Gasteiger partial charge on any atom is 0.443 e. The number of ether oxygens (including phenoxy) is 6. The first-order chi connectivity index (χ1) is 26.2. The molecule has 2 aliphatic carbocycles. The largest absolute Gasteiger partial charge is 0.443 e. The quantitative estimate of drug-likeness (QED) is 0.206. The highest BCUT2D eigenvalue weighted by Gasteiger charge is 2.79. The van der Waals surface area contributed by atoms with Crippen LogP contribution >= 0.6 is 0 Å². The number of hydrogen-bond acceptors (Lipinski definition) is 12. The van der Waals surface area contributed by atoms with Gasteiger partial charge in [-0.25, -0.2) is 24.2 Å². The molecule has 0 N–H and O–H groups in total. The lowest BCUT2D eigenvalue weighted by Crippen LogP contribution is -2.76. The van der Waals surface area contributed by atoms with Crippen molar-refractivity contribution in [2.24, 2.45) is 47.3 Å². The number of fused-ring (bicyclic) bond motifs is 4. The van der Waals surface area contributed by atoms with E-state index in [2.05, 4.69) is 24.2 Å². The van der Waals surface area contributed by atoms with Gasteiger partial charge >= 0.3 is 12.4 Å². The van der Waals surface area contributed by atoms with E-state index >= 15 is 26.3 Å². The molecule has 1 aromatic rings. The zero-order valence-electron chi connectivity index (χ0n) is 32.3. The van der Waals surface area contributed by atoms with Crippen molar-refractivity contribution in [1.82, 2.24) is 15.0 Å². The Hall–Kier alpha value is -1.68. The van der Waals surface area contributed by atoms with Crippen molar-refractivity contribution in [2.75, 3.05) is 6.61 Å². The lowest BCUT2D eigenvalue weighted by atomic mass is 9.57. The molecule has 10 fully saturated rings. The normalized spacial score (nSPS) is 51.2. The summed E-state index contributed by atoms with van der Waals surface area (Å²) in [5.41, 5.74) is -2.47. The van der Waals surface area contributed by atoms with Crippen LogP contribution in [0.4, 0.5) is 26.3 Å². The molecule has 19 heteroatoms. The predicted octanol–water partition coefficient (Wildman–Crippen LogP) is 7.09. The lowest BCUT2D eigenvalue weighted by Gasteiger charge is -2.62. The SMILES string of the molecule is C[C@@H]1CC[C@H]2[C@@H](C)[C@](OCCn3nncc3CO[C@@]3(C(F)(F)F)O[C@@H]4O[C@@]5(C)CC[C@H]6[C@H](C)CC[C@@H]([C@H]3C)[C@@]46OO5)(C(F)(F)F)O[C@@H]3O[C@@]4(C)CC[C@@H]1[C@]32OO4. The molecule has 0 unspecified atom stereocenters. The summed E-state index contributed by atoms with van der Waals surface area (Å²) >= 11 is 0. The molecule has 4 bridgehead atoms. The van der Waals surface area contributed by atoms with Crippen molar-refractivity contribution < 1.29 is 74.3 Å². The molecule has 0 amide bonds. The number of alkyl halides is 6. The molecule has 0 radical (unpaired) electrons. The summed E-state index contributed by atoms with van der Waals surface area (Å²) in [5.74, 6) is -12.8. The van der Waals surface area contributed by atoms with E-state index in [1.807, 2.05) is 0 Å². The second-order valence-electron chi connectivity index (χ2n) is 18.0. The molecule has 13 nitrogen and oxygen atoms in total. The fourth-order valence-corrected chi connectivity index (χ4v) is 12.0. The molecular weight excluding hydrogens is 760 g/mol. The second kappa shape index (κ2) is 12.9. The first-order valence-corrected chi connectivity index (χ1v) is 20.0. The Balaban J connectivity index is 0.951. The molecule has 10 aliphatic rings. The van der Waals surface area contributed by atoms with E-state index in [1.54, 1.807) is 13.8 Å². The number of halogens is 6. The van der Waals surface area contributed by atoms with Crippen molar-refractivity contribution in [3.8, 4) is 0 Å². The predicted molar refractivity (Wildman–Crippen MR) is 174 cm³/mol. The Morgan fingerprint density at radius 2 is 1.14 bits per heavy atom. The van der Waals surface area contributed by atoms with E-state index in [0.717, 1.165) is 4.68 Å². The summed E-state index contributed by atoms with van der Waals surface area (Å²) in [6.07, 6.45) is -7.48. The van der Waals surface area contributed by atoms with E-state index < -0.39 is 96.2 Å². The molecule has 1 aromatic heterocycles. The third kappa shape index (κ3) is 5.43. The van der Waals surface area contributed by atoms with Gasteiger partial charge in [-0.05, 0) is 76.0 Å². The fraction of sp³-hybridized carbons (Fsp3) is 0.946. The van der Waals surface area contributed by atoms with Gasteiger partial charge in [0.1, 0.15) is 0 Å². The van der Waals surface area contributed by atoms with Crippen molar-refractivity contribution in [3.63, 3.8) is 0 Å². The first-order valence-electron chi connectivity index (χ1n) is 20.0. The number of hydrogen-bond donors (Lipinski definition) is 0. The van der Waals surface area contributed by atoms with Gasteiger partial charge in [0.25, 0.3) is 11.6 Å². The third-order valence-electron chi connectivity index (χ3n) is 15.1. The van der Waals surface area contributed by atoms with Crippen LogP contribution in [0.15, 0.2) is 6.20 Å². The summed E-state index contributed by atoms with van der Waals surface area (Å²) in [6.45, 7) is 8.62. The Morgan fingerprint density at radius 3 is 1.62 bits per heavy atom. The van der Waals surface area contributed by atoms with Gasteiger partial charge < -0.3 is 28.4 Å². The standard InChI is InChI=1S/C37H51F6N3O10/c1-19-7-9-26-21(3)34(36(38,39)40,51-28-32(26)24(19)11-13-30(5,49-28)53-55-32)47-16-15-46-23(17-44-45-46)18-48-35(37(41,42)43)22(4)27-10-8-20(2)25-12-14-31(6)50-29(52-35)33(25,27)56-54-31/h17,19-22,24-29H,7-16,18H2,1-6H3/t19-,20-,21-,22-,24+,25+,26+,27+,28+,29+,30-,31-,32-,33-,34-,35-/m1/s1. The number of nitrogens with zero attached hydrogens (tertiary/aromatic N) is 3. The zero-order valence-corrected chi connectivity index (χ0v) is 32.3. The molecule has 11 rings (SSSR count). The maximum atomic E-state index is 15.4. The third-order valence-corrected chi connectivity index (χ3v) is 15.1. The van der Waals surface area contributed by atoms with Gasteiger partial charge in [0.2, 0.25) is 11.6 Å². The van der Waals surface area contributed by atoms with Crippen LogP contribution in [0.5, 0.6) is 0 Å². The summed E-state index contributed by atoms with van der Waals surface area (Å²) in [4.78, 5) is 23.5. The van der Waals surface area contributed by atoms with Gasteiger partial charge in [0, 0.05) is 36.5 Å². The average Bonchev–Trinajstić information content (AvgIpc) is 3.27. The lowest BCUT2D eigenvalue weighted by molar-refractivity contribution is -0.599. The molecule has 2 saturated carbocycles. The Kier molecular flexibility index (Phi) is 9.17. The van der Waals surface area contributed by atoms with Crippen LogP contribution in [-0.2, 0) is 61.1 Å². The van der Waals surface area contributed by atoms with Gasteiger partial charge in [-0.15, -0.1) is 5.10 Å². The maximum absolute atomic E-state index is 15.4. The number of rotatable bonds is 7. The van der Waals surface area contributed by atoms with Crippen LogP contribution in [0.25, 0.3) is 0 Å². The minimum Gasteiger partial charge on any atom is -0.340 e. The smallest absolute Gasteiger partial charge is 0.340 e. The van der Waals surface area contributed by atoms with Crippen LogP contribution in [-0.4, -0.2) is 80.9 Å². The highest BCUT2D eigenvalue weighted by atomic mass is 19.4. The van der Waals surface area contributed by atoms with Crippen molar-refractivity contribution >= 4 is 0 Å². The molecule has 16 atom stereocenters. The minimum atomic E-state index is -5.03. The Labute approximate surface area is 320 Å². The number of aromatic nitrogens is 3. The highest BCUT2D eigenvalue weighted by Crippen LogP contribution is 2.66. The summed E-state index contributed by atoms with van der Waals surface area (Å²) < 4.78 is 129. The fourth-order valence-electron chi connectivity index (χ4n) is 12.0. The molecule has 2 spiro atoms. The van der Waals surface area contributed by atoms with Gasteiger partial charge in [0.15, 0.2) is 23.8 Å². The van der Waals surface area contributed by atoms with Gasteiger partial charge in [-0.2, -0.15) is 26.3 Å². The molecule has 8 saturated heterocycles. The molecule has 9 heterocycles. The van der Waals surface area contributed by atoms with Crippen molar-refractivity contribution in [1.29, 1.82) is 0 Å². The van der Waals surface area contributed by atoms with Crippen LogP contribution in [0.2, 0.25) is 0 Å². The van der Waals surface area contributed by atoms with Gasteiger partial charge in [0.05, 0.1) is 31.6 Å². The van der Waals surface area contributed by atoms with Gasteiger partial charge in [-0.1, -0.05) is 32.9 Å². The minimum absolute atomic E-state index is 0.0583. The van der Waals surface area contributed by atoms with Crippen LogP contribution in [0.1, 0.15) is 98.6 Å². The van der Waals surface area contributed by atoms with Crippen molar-refractivity contribution in [3.05, 3.63) is 11.9 Å². The van der Waals surface area contributed by atoms with Crippen LogP contribution in [0, 0.1) is 47.3 Å².